The van der Waals surface area contributed by atoms with E-state index in [1.54, 1.807) is 41.7 Å². The quantitative estimate of drug-likeness (QED) is 0.277. The maximum atomic E-state index is 14.3. The highest BCUT2D eigenvalue weighted by atomic mass is 32.1. The first-order chi connectivity index (χ1) is 25.9. The van der Waals surface area contributed by atoms with Crippen LogP contribution in [0.2, 0.25) is 0 Å². The Morgan fingerprint density at radius 1 is 1.15 bits per heavy atom. The van der Waals surface area contributed by atoms with Crippen LogP contribution < -0.4 is 5.32 Å². The number of aromatic nitrogens is 4. The van der Waals surface area contributed by atoms with Gasteiger partial charge < -0.3 is 39.0 Å². The minimum atomic E-state index is -1.38. The molecule has 1 unspecified atom stereocenters. The standard InChI is InChI=1S/C38H56N6O10S/c1-11-28-38(7)32(39-36(49)54-38)23(5)30(46)20(2)19-37(6,50-16-12-13-24-14-15-27(55-24)33-40-42-44(10)41-33)29(18-26(45)22(4)34(48)52-28)53-35-31(47)25(43(8)9)17-21(3)51-35/h12-15,20-23,25,28-29,31-32,35,47H,11,16-19H2,1-10H3,(H,39,49)/b13-12+/t20-,21-,22-,23-,25+,28+,29-,31-,32-,35?,37+,38-/m1/s1. The number of nitrogens with zero attached hydrogens (tertiary/aromatic N) is 5. The Labute approximate surface area is 326 Å². The number of carbonyl (C=O) groups excluding carboxylic acids is 4. The van der Waals surface area contributed by atoms with E-state index in [1.807, 2.05) is 50.2 Å². The number of esters is 1. The molecule has 5 heterocycles. The lowest BCUT2D eigenvalue weighted by Crippen LogP contribution is -2.58. The van der Waals surface area contributed by atoms with Crippen molar-refractivity contribution in [2.75, 3.05) is 20.7 Å². The van der Waals surface area contributed by atoms with Crippen LogP contribution in [0.3, 0.4) is 0 Å². The zero-order valence-electron chi connectivity index (χ0n) is 33.4. The number of carbonyl (C=O) groups is 4. The van der Waals surface area contributed by atoms with Gasteiger partial charge in [-0.2, -0.15) is 4.80 Å². The van der Waals surface area contributed by atoms with Gasteiger partial charge >= 0.3 is 12.1 Å². The van der Waals surface area contributed by atoms with E-state index in [1.165, 1.54) is 23.1 Å². The van der Waals surface area contributed by atoms with E-state index in [0.717, 1.165) is 9.75 Å². The lowest BCUT2D eigenvalue weighted by Gasteiger charge is -2.45. The number of hydrogen-bond donors (Lipinski definition) is 2. The van der Waals surface area contributed by atoms with Gasteiger partial charge in [-0.25, -0.2) is 4.79 Å². The van der Waals surface area contributed by atoms with Crippen molar-refractivity contribution < 1.29 is 48.0 Å². The highest BCUT2D eigenvalue weighted by Crippen LogP contribution is 2.39. The largest absolute Gasteiger partial charge is 0.458 e. The van der Waals surface area contributed by atoms with Gasteiger partial charge in [0.1, 0.15) is 29.7 Å². The van der Waals surface area contributed by atoms with Crippen LogP contribution in [0.25, 0.3) is 16.8 Å². The molecular weight excluding hydrogens is 733 g/mol. The number of aryl methyl sites for hydroxylation is 1. The average molecular weight is 789 g/mol. The van der Waals surface area contributed by atoms with Crippen molar-refractivity contribution in [3.05, 3.63) is 23.1 Å². The first-order valence-corrected chi connectivity index (χ1v) is 19.7. The summed E-state index contributed by atoms with van der Waals surface area (Å²) in [6.07, 6.45) is -0.939. The van der Waals surface area contributed by atoms with Crippen molar-refractivity contribution >= 4 is 41.0 Å². The van der Waals surface area contributed by atoms with Gasteiger partial charge in [-0.3, -0.25) is 14.4 Å². The fourth-order valence-electron chi connectivity index (χ4n) is 7.97. The van der Waals surface area contributed by atoms with Crippen LogP contribution in [-0.4, -0.2) is 129 Å². The molecule has 0 radical (unpaired) electrons. The number of thiophene rings is 1. The molecule has 2 N–H and O–H groups in total. The molecule has 0 saturated carbocycles. The van der Waals surface area contributed by atoms with Gasteiger partial charge in [-0.15, -0.1) is 21.5 Å². The SMILES string of the molecule is CC[C@@H]1OC(=O)[C@H](C)C(=O)C[C@@H](OC2O[C@H](C)C[C@H](N(C)C)[C@H]2O)[C@@](C)(OC/C=C/c2ccc(-c3nnn(C)n3)s2)C[C@@H](C)C(=O)[C@@H](C)[C@H]2NC(=O)O[C@]12C. The van der Waals surface area contributed by atoms with E-state index in [-0.39, 0.29) is 43.8 Å². The smallest absolute Gasteiger partial charge is 0.408 e. The fourth-order valence-corrected chi connectivity index (χ4v) is 8.83. The van der Waals surface area contributed by atoms with E-state index in [2.05, 4.69) is 20.7 Å². The number of Topliss-reactive ketones (excluding diaryl/α,β-unsaturated/α-hetero) is 2. The maximum absolute atomic E-state index is 14.3. The van der Waals surface area contributed by atoms with Gasteiger partial charge in [-0.05, 0) is 84.5 Å². The van der Waals surface area contributed by atoms with E-state index >= 15 is 0 Å². The third kappa shape index (κ3) is 9.34. The summed E-state index contributed by atoms with van der Waals surface area (Å²) in [5.74, 6) is -3.61. The Kier molecular flexibility index (Phi) is 13.3. The number of fused-ring (bicyclic) bond motifs is 1. The van der Waals surface area contributed by atoms with Crippen LogP contribution in [0.5, 0.6) is 0 Å². The Hall–Kier alpha value is -3.61. The number of nitrogens with one attached hydrogen (secondary N) is 1. The number of amides is 1. The molecule has 1 amide bonds. The Bertz CT molecular complexity index is 1730. The molecule has 2 aromatic rings. The highest BCUT2D eigenvalue weighted by molar-refractivity contribution is 7.16. The van der Waals surface area contributed by atoms with Crippen LogP contribution in [0.15, 0.2) is 18.2 Å². The molecule has 55 heavy (non-hydrogen) atoms. The van der Waals surface area contributed by atoms with Gasteiger partial charge in [0.15, 0.2) is 11.9 Å². The van der Waals surface area contributed by atoms with E-state index in [4.69, 9.17) is 23.7 Å². The van der Waals surface area contributed by atoms with Gasteiger partial charge in [0.25, 0.3) is 0 Å². The Morgan fingerprint density at radius 3 is 2.53 bits per heavy atom. The number of alkyl carbamates (subject to hydrolysis) is 1. The highest BCUT2D eigenvalue weighted by Gasteiger charge is 2.56. The molecular formula is C38H56N6O10S. The van der Waals surface area contributed by atoms with Crippen LogP contribution in [0.4, 0.5) is 4.79 Å². The molecule has 0 aromatic carbocycles. The average Bonchev–Trinajstić information content (AvgIpc) is 3.86. The predicted molar refractivity (Wildman–Crippen MR) is 202 cm³/mol. The Morgan fingerprint density at radius 2 is 1.87 bits per heavy atom. The number of likely N-dealkylation sites (N-methyl/N-ethyl adjacent to an activating group) is 1. The number of tetrazole rings is 1. The molecule has 3 fully saturated rings. The lowest BCUT2D eigenvalue weighted by molar-refractivity contribution is -0.290. The molecule has 12 atom stereocenters. The zero-order chi connectivity index (χ0) is 40.4. The number of aliphatic hydroxyl groups is 1. The number of cyclic esters (lactones) is 1. The molecule has 16 nitrogen and oxygen atoms in total. The van der Waals surface area contributed by atoms with E-state index < -0.39 is 77.4 Å². The third-order valence-electron chi connectivity index (χ3n) is 11.2. The molecule has 17 heteroatoms. The van der Waals surface area contributed by atoms with Crippen molar-refractivity contribution in [3.8, 4) is 10.7 Å². The van der Waals surface area contributed by atoms with Crippen molar-refractivity contribution in [2.45, 2.75) is 128 Å². The van der Waals surface area contributed by atoms with Crippen LogP contribution >= 0.6 is 11.3 Å². The second-order valence-corrected chi connectivity index (χ2v) is 16.9. The molecule has 304 valence electrons. The van der Waals surface area contributed by atoms with Crippen molar-refractivity contribution in [1.82, 2.24) is 30.4 Å². The third-order valence-corrected chi connectivity index (χ3v) is 12.3. The summed E-state index contributed by atoms with van der Waals surface area (Å²) in [6, 6.07) is 2.70. The van der Waals surface area contributed by atoms with Crippen molar-refractivity contribution in [1.29, 1.82) is 0 Å². The molecule has 3 aliphatic heterocycles. The van der Waals surface area contributed by atoms with Gasteiger partial charge in [0.2, 0.25) is 5.82 Å². The van der Waals surface area contributed by atoms with Crippen molar-refractivity contribution in [2.24, 2.45) is 24.8 Å². The second-order valence-electron chi connectivity index (χ2n) is 15.7. The van der Waals surface area contributed by atoms with E-state index in [0.29, 0.717) is 12.2 Å². The second kappa shape index (κ2) is 17.3. The molecule has 3 saturated heterocycles. The number of hydrogen-bond acceptors (Lipinski definition) is 15. The summed E-state index contributed by atoms with van der Waals surface area (Å²) in [7, 11) is 5.42. The summed E-state index contributed by atoms with van der Waals surface area (Å²) >= 11 is 1.47. The first-order valence-electron chi connectivity index (χ1n) is 18.9. The monoisotopic (exact) mass is 788 g/mol. The fraction of sp³-hybridized carbons (Fsp3) is 0.711. The molecule has 0 spiro atoms. The van der Waals surface area contributed by atoms with Gasteiger partial charge in [0.05, 0.1) is 42.4 Å². The minimum Gasteiger partial charge on any atom is -0.458 e. The summed E-state index contributed by atoms with van der Waals surface area (Å²) in [5, 5.41) is 26.5. The minimum absolute atomic E-state index is 0.0583. The van der Waals surface area contributed by atoms with Gasteiger partial charge in [0, 0.05) is 29.2 Å². The number of aliphatic hydroxyl groups excluding tert-OH is 1. The van der Waals surface area contributed by atoms with Crippen molar-refractivity contribution in [3.63, 3.8) is 0 Å². The summed E-state index contributed by atoms with van der Waals surface area (Å²) in [4.78, 5) is 59.8. The van der Waals surface area contributed by atoms with Crippen LogP contribution in [0, 0.1) is 17.8 Å². The topological polar surface area (TPSA) is 194 Å². The van der Waals surface area contributed by atoms with Gasteiger partial charge in [-0.1, -0.05) is 26.8 Å². The molecule has 0 bridgehead atoms. The van der Waals surface area contributed by atoms with E-state index in [9.17, 15) is 24.3 Å². The predicted octanol–water partition coefficient (Wildman–Crippen LogP) is 3.57. The van der Waals surface area contributed by atoms with Crippen LogP contribution in [0.1, 0.15) is 79.0 Å². The summed E-state index contributed by atoms with van der Waals surface area (Å²) in [6.45, 7) is 12.1. The molecule has 0 aliphatic carbocycles. The summed E-state index contributed by atoms with van der Waals surface area (Å²) < 4.78 is 31.1. The normalized spacial score (nSPS) is 36.7. The number of ketones is 2. The maximum Gasteiger partial charge on any atom is 0.408 e. The zero-order valence-corrected chi connectivity index (χ0v) is 34.2. The first kappa shape index (κ1) is 42.5. The van der Waals surface area contributed by atoms with Crippen LogP contribution in [-0.2, 0) is 45.1 Å². The molecule has 5 rings (SSSR count). The summed E-state index contributed by atoms with van der Waals surface area (Å²) in [5.41, 5.74) is -2.72. The number of ether oxygens (including phenoxy) is 5. The Balaban J connectivity index is 1.50. The number of rotatable bonds is 9. The lowest BCUT2D eigenvalue weighted by atomic mass is 9.75. The molecule has 2 aromatic heterocycles. The molecule has 3 aliphatic rings.